The Balaban J connectivity index is 1.82. The minimum atomic E-state index is -3.90. The molecule has 0 aliphatic heterocycles. The maximum atomic E-state index is 12.8. The summed E-state index contributed by atoms with van der Waals surface area (Å²) in [6, 6.07) is 15.2. The third-order valence-electron chi connectivity index (χ3n) is 5.10. The molecule has 3 rings (SSSR count). The predicted octanol–water partition coefficient (Wildman–Crippen LogP) is 3.77. The first-order chi connectivity index (χ1) is 16.6. The Hall–Kier alpha value is -3.11. The highest BCUT2D eigenvalue weighted by molar-refractivity contribution is 7.88. The lowest BCUT2D eigenvalue weighted by atomic mass is 10.1. The zero-order valence-electron chi connectivity index (χ0n) is 18.9. The maximum Gasteiger partial charge on any atom is 0.301 e. The molecule has 0 saturated carbocycles. The number of nitrogens with zero attached hydrogens (tertiary/aromatic N) is 1. The van der Waals surface area contributed by atoms with Crippen LogP contribution in [0.3, 0.4) is 0 Å². The maximum absolute atomic E-state index is 12.8. The Kier molecular flexibility index (Phi) is 8.74. The Labute approximate surface area is 213 Å². The molecule has 184 valence electrons. The summed E-state index contributed by atoms with van der Waals surface area (Å²) in [5.74, 6) is -0.0545. The molecule has 0 unspecified atom stereocenters. The van der Waals surface area contributed by atoms with Crippen LogP contribution in [0.1, 0.15) is 27.2 Å². The van der Waals surface area contributed by atoms with Crippen molar-refractivity contribution in [1.82, 2.24) is 14.0 Å². The monoisotopic (exact) mass is 535 g/mol. The van der Waals surface area contributed by atoms with E-state index >= 15 is 0 Å². The van der Waals surface area contributed by atoms with E-state index in [-0.39, 0.29) is 22.7 Å². The van der Waals surface area contributed by atoms with Gasteiger partial charge in [0.15, 0.2) is 0 Å². The van der Waals surface area contributed by atoms with E-state index in [1.807, 2.05) is 39.8 Å². The van der Waals surface area contributed by atoms with Crippen molar-refractivity contribution in [3.63, 3.8) is 0 Å². The average molecular weight is 536 g/mol. The van der Waals surface area contributed by atoms with E-state index < -0.39 is 16.1 Å². The Morgan fingerprint density at radius 1 is 1.06 bits per heavy atom. The largest absolute Gasteiger partial charge is 0.497 e. The van der Waals surface area contributed by atoms with Crippen molar-refractivity contribution in [2.45, 2.75) is 13.0 Å². The van der Waals surface area contributed by atoms with E-state index in [0.717, 1.165) is 11.1 Å². The van der Waals surface area contributed by atoms with Gasteiger partial charge in [0.2, 0.25) is 0 Å². The molecule has 0 atom stereocenters. The zero-order chi connectivity index (χ0) is 25.6. The normalized spacial score (nSPS) is 11.5. The summed E-state index contributed by atoms with van der Waals surface area (Å²) in [5.41, 5.74) is 1.98. The molecule has 2 N–H and O–H groups in total. The average Bonchev–Trinajstić information content (AvgIpc) is 2.84. The molecule has 0 saturated heterocycles. The van der Waals surface area contributed by atoms with Crippen molar-refractivity contribution in [2.24, 2.45) is 0 Å². The van der Waals surface area contributed by atoms with Crippen LogP contribution in [-0.2, 0) is 23.2 Å². The number of carbonyl (C=O) groups excluding carboxylic acids is 1. The third-order valence-corrected chi connectivity index (χ3v) is 6.67. The van der Waals surface area contributed by atoms with E-state index in [4.69, 9.17) is 27.9 Å². The van der Waals surface area contributed by atoms with E-state index in [1.165, 1.54) is 29.8 Å². The van der Waals surface area contributed by atoms with Gasteiger partial charge >= 0.3 is 10.2 Å². The topological polar surface area (TPSA) is 107 Å². The first kappa shape index (κ1) is 26.5. The number of pyridine rings is 1. The third kappa shape index (κ3) is 6.95. The fourth-order valence-electron chi connectivity index (χ4n) is 3.22. The van der Waals surface area contributed by atoms with Crippen molar-refractivity contribution >= 4 is 51.5 Å². The number of nitrogens with one attached hydrogen (secondary N) is 2. The number of halogens is 2. The van der Waals surface area contributed by atoms with Gasteiger partial charge in [0.25, 0.3) is 11.5 Å². The molecule has 0 radical (unpaired) electrons. The Bertz CT molecular complexity index is 1420. The highest BCUT2D eigenvalue weighted by atomic mass is 35.5. The summed E-state index contributed by atoms with van der Waals surface area (Å²) in [5, 5.41) is 0.331. The number of ether oxygens (including phenoxy) is 1. The van der Waals surface area contributed by atoms with Crippen LogP contribution in [0.4, 0.5) is 0 Å². The predicted molar refractivity (Wildman–Crippen MR) is 138 cm³/mol. The van der Waals surface area contributed by atoms with Crippen LogP contribution >= 0.6 is 23.2 Å². The molecule has 2 aromatic carbocycles. The molecule has 0 bridgehead atoms. The number of aryl methyl sites for hydroxylation is 1. The van der Waals surface area contributed by atoms with Crippen molar-refractivity contribution in [2.75, 3.05) is 14.2 Å². The van der Waals surface area contributed by atoms with Gasteiger partial charge < -0.3 is 9.30 Å². The van der Waals surface area contributed by atoms with Crippen LogP contribution in [0.2, 0.25) is 10.0 Å². The molecule has 35 heavy (non-hydrogen) atoms. The summed E-state index contributed by atoms with van der Waals surface area (Å²) >= 11 is 12.5. The molecule has 0 spiro atoms. The number of carbonyl (C=O) groups is 1. The van der Waals surface area contributed by atoms with Crippen LogP contribution in [0, 0.1) is 0 Å². The second kappa shape index (κ2) is 11.5. The lowest BCUT2D eigenvalue weighted by Crippen LogP contribution is -2.38. The molecule has 1 amide bonds. The Morgan fingerprint density at radius 3 is 2.43 bits per heavy atom. The number of aromatic nitrogens is 1. The van der Waals surface area contributed by atoms with Gasteiger partial charge in [-0.05, 0) is 54.0 Å². The summed E-state index contributed by atoms with van der Waals surface area (Å²) in [6.07, 6.45) is 4.00. The lowest BCUT2D eigenvalue weighted by molar-refractivity contribution is 0.0981. The molecule has 11 heteroatoms. The molecule has 8 nitrogen and oxygen atoms in total. The van der Waals surface area contributed by atoms with Crippen LogP contribution in [0.25, 0.3) is 12.2 Å². The van der Waals surface area contributed by atoms with Crippen LogP contribution < -0.4 is 19.7 Å². The second-order valence-electron chi connectivity index (χ2n) is 7.38. The van der Waals surface area contributed by atoms with Crippen molar-refractivity contribution in [1.29, 1.82) is 0 Å². The van der Waals surface area contributed by atoms with E-state index in [9.17, 15) is 18.0 Å². The van der Waals surface area contributed by atoms with Gasteiger partial charge in [-0.25, -0.2) is 9.44 Å². The van der Waals surface area contributed by atoms with Gasteiger partial charge in [0, 0.05) is 19.2 Å². The van der Waals surface area contributed by atoms with Gasteiger partial charge in [-0.15, -0.1) is 0 Å². The smallest absolute Gasteiger partial charge is 0.301 e. The summed E-state index contributed by atoms with van der Waals surface area (Å²) in [4.78, 5) is 24.9. The number of hydrogen-bond donors (Lipinski definition) is 2. The molecule has 0 aliphatic rings. The van der Waals surface area contributed by atoms with Crippen molar-refractivity contribution < 1.29 is 17.9 Å². The highest BCUT2D eigenvalue weighted by Gasteiger charge is 2.14. The summed E-state index contributed by atoms with van der Waals surface area (Å²) in [6.45, 7) is 0.274. The van der Waals surface area contributed by atoms with E-state index in [2.05, 4.69) is 0 Å². The van der Waals surface area contributed by atoms with Gasteiger partial charge in [-0.1, -0.05) is 53.5 Å². The molecule has 0 aliphatic carbocycles. The molecular weight excluding hydrogens is 513 g/mol. The van der Waals surface area contributed by atoms with Gasteiger partial charge in [-0.2, -0.15) is 8.42 Å². The molecule has 3 aromatic rings. The summed E-state index contributed by atoms with van der Waals surface area (Å²) < 4.78 is 33.6. The lowest BCUT2D eigenvalue weighted by Gasteiger charge is -2.13. The number of benzene rings is 2. The Morgan fingerprint density at radius 2 is 1.77 bits per heavy atom. The summed E-state index contributed by atoms with van der Waals surface area (Å²) in [7, 11) is -1.12. The van der Waals surface area contributed by atoms with Crippen LogP contribution in [0.5, 0.6) is 5.75 Å². The first-order valence-corrected chi connectivity index (χ1v) is 12.6. The fraction of sp³-hybridized carbons (Fsp3) is 0.167. The number of rotatable bonds is 9. The van der Waals surface area contributed by atoms with E-state index in [0.29, 0.717) is 22.9 Å². The molecule has 1 aromatic heterocycles. The quantitative estimate of drug-likeness (QED) is 0.433. The number of methoxy groups -OCH3 is 1. The minimum absolute atomic E-state index is 0.00583. The second-order valence-corrected chi connectivity index (χ2v) is 9.81. The van der Waals surface area contributed by atoms with Gasteiger partial charge in [-0.3, -0.25) is 9.59 Å². The van der Waals surface area contributed by atoms with Crippen LogP contribution in [-0.4, -0.2) is 33.0 Å². The SMILES string of the molecule is CNS(=O)(=O)NC(=O)c1ccc(CCn2c(C=Cc3cccc(OC)c3)c(Cl)cc(Cl)c2=O)cc1. The highest BCUT2D eigenvalue weighted by Crippen LogP contribution is 2.22. The fourth-order valence-corrected chi connectivity index (χ4v) is 4.23. The van der Waals surface area contributed by atoms with Crippen molar-refractivity contribution in [3.05, 3.63) is 97.4 Å². The van der Waals surface area contributed by atoms with Gasteiger partial charge in [0.1, 0.15) is 10.8 Å². The van der Waals surface area contributed by atoms with Gasteiger partial charge in [0.05, 0.1) is 17.8 Å². The molecule has 1 heterocycles. The zero-order valence-corrected chi connectivity index (χ0v) is 21.2. The molecule has 0 fully saturated rings. The minimum Gasteiger partial charge on any atom is -0.497 e. The van der Waals surface area contributed by atoms with E-state index in [1.54, 1.807) is 25.3 Å². The first-order valence-electron chi connectivity index (χ1n) is 10.4. The van der Waals surface area contributed by atoms with Crippen LogP contribution in [0.15, 0.2) is 59.4 Å². The number of hydrogen-bond acceptors (Lipinski definition) is 5. The molecular formula is C24H23Cl2N3O5S. The van der Waals surface area contributed by atoms with Crippen molar-refractivity contribution in [3.8, 4) is 5.75 Å². The number of amides is 1. The standard InChI is InChI=1S/C24H23Cl2N3O5S/c1-27-35(32,33)28-23(30)18-9-6-16(7-10-18)12-13-29-22(20(25)15-21(26)24(29)31)11-8-17-4-3-5-19(14-17)34-2/h3-11,14-15,27H,12-13H2,1-2H3,(H,28,30).